The summed E-state index contributed by atoms with van der Waals surface area (Å²) in [7, 11) is 0. The van der Waals surface area contributed by atoms with Crippen molar-refractivity contribution in [1.29, 1.82) is 0 Å². The van der Waals surface area contributed by atoms with E-state index in [0.29, 0.717) is 0 Å². The maximum atomic E-state index is 13.3. The van der Waals surface area contributed by atoms with Crippen molar-refractivity contribution in [2.75, 3.05) is 0 Å². The van der Waals surface area contributed by atoms with E-state index in [9.17, 15) is 35.1 Å². The van der Waals surface area contributed by atoms with Gasteiger partial charge in [-0.05, 0) is 12.8 Å². The molecule has 0 saturated heterocycles. The van der Waals surface area contributed by atoms with Gasteiger partial charge >= 0.3 is 12.4 Å². The number of rotatable bonds is 4. The van der Waals surface area contributed by atoms with Crippen LogP contribution in [0.25, 0.3) is 0 Å². The minimum Gasteiger partial charge on any atom is -0.205 e. The summed E-state index contributed by atoms with van der Waals surface area (Å²) in [4.78, 5) is 0. The van der Waals surface area contributed by atoms with Crippen LogP contribution in [0.1, 0.15) is 26.7 Å². The first-order chi connectivity index (χ1) is 7.39. The molecule has 17 heavy (non-hydrogen) atoms. The Kier molecular flexibility index (Phi) is 4.81. The van der Waals surface area contributed by atoms with Crippen LogP contribution in [0, 0.1) is 11.8 Å². The van der Waals surface area contributed by atoms with Gasteiger partial charge in [0.25, 0.3) is 5.92 Å². The van der Waals surface area contributed by atoms with Crippen molar-refractivity contribution >= 4 is 0 Å². The standard InChI is InChI=1S/C9H11F8/c1-3-5(4-2)7(10,11)6(8(12,13)14)9(15,16)17/h6H,3-4H2,1-2H3. The minimum atomic E-state index is -6.03. The summed E-state index contributed by atoms with van der Waals surface area (Å²) in [6, 6.07) is 0. The lowest BCUT2D eigenvalue weighted by molar-refractivity contribution is -0.334. The lowest BCUT2D eigenvalue weighted by atomic mass is 9.85. The molecule has 0 spiro atoms. The maximum Gasteiger partial charge on any atom is 0.406 e. The van der Waals surface area contributed by atoms with E-state index in [1.54, 1.807) is 0 Å². The Morgan fingerprint density at radius 1 is 0.765 bits per heavy atom. The third-order valence-electron chi connectivity index (χ3n) is 2.34. The molecule has 0 rings (SSSR count). The summed E-state index contributed by atoms with van der Waals surface area (Å²) in [5.41, 5.74) is 0. The van der Waals surface area contributed by atoms with Crippen molar-refractivity contribution in [3.05, 3.63) is 5.92 Å². The van der Waals surface area contributed by atoms with E-state index in [2.05, 4.69) is 0 Å². The van der Waals surface area contributed by atoms with E-state index < -0.39 is 43.0 Å². The summed E-state index contributed by atoms with van der Waals surface area (Å²) >= 11 is 0. The molecular weight excluding hydrogens is 260 g/mol. The van der Waals surface area contributed by atoms with Crippen LogP contribution in [0.3, 0.4) is 0 Å². The number of hydrogen-bond acceptors (Lipinski definition) is 0. The first-order valence-corrected chi connectivity index (χ1v) is 4.75. The zero-order valence-electron chi connectivity index (χ0n) is 9.02. The molecule has 0 amide bonds. The van der Waals surface area contributed by atoms with E-state index in [1.807, 2.05) is 0 Å². The van der Waals surface area contributed by atoms with Crippen molar-refractivity contribution in [3.8, 4) is 0 Å². The number of hydrogen-bond donors (Lipinski definition) is 0. The third kappa shape index (κ3) is 3.70. The zero-order chi connectivity index (χ0) is 14.1. The molecule has 0 aliphatic heterocycles. The largest absolute Gasteiger partial charge is 0.406 e. The lowest BCUT2D eigenvalue weighted by Crippen LogP contribution is -2.51. The van der Waals surface area contributed by atoms with Crippen LogP contribution in [0.4, 0.5) is 35.1 Å². The average molecular weight is 271 g/mol. The van der Waals surface area contributed by atoms with Crippen LogP contribution < -0.4 is 0 Å². The molecule has 0 saturated carbocycles. The first kappa shape index (κ1) is 16.4. The fourth-order valence-corrected chi connectivity index (χ4v) is 1.52. The molecule has 0 fully saturated rings. The topological polar surface area (TPSA) is 0 Å². The van der Waals surface area contributed by atoms with Gasteiger partial charge < -0.3 is 0 Å². The van der Waals surface area contributed by atoms with Crippen LogP contribution in [0.15, 0.2) is 0 Å². The normalized spacial score (nSPS) is 14.8. The minimum absolute atomic E-state index is 0.536. The average Bonchev–Trinajstić information content (AvgIpc) is 1.97. The molecule has 8 heteroatoms. The van der Waals surface area contributed by atoms with Gasteiger partial charge in [0.1, 0.15) is 0 Å². The Hall–Kier alpha value is -0.560. The first-order valence-electron chi connectivity index (χ1n) is 4.75. The molecule has 0 aromatic heterocycles. The van der Waals surface area contributed by atoms with Gasteiger partial charge in [-0.1, -0.05) is 13.8 Å². The second-order valence-corrected chi connectivity index (χ2v) is 3.45. The van der Waals surface area contributed by atoms with E-state index in [1.165, 1.54) is 0 Å². The maximum absolute atomic E-state index is 13.3. The molecule has 0 nitrogen and oxygen atoms in total. The van der Waals surface area contributed by atoms with Crippen molar-refractivity contribution in [2.24, 2.45) is 5.92 Å². The smallest absolute Gasteiger partial charge is 0.205 e. The molecule has 103 valence electrons. The Balaban J connectivity index is 5.46. The zero-order valence-corrected chi connectivity index (χ0v) is 9.02. The van der Waals surface area contributed by atoms with Gasteiger partial charge in [0.2, 0.25) is 5.92 Å². The Labute approximate surface area is 93.0 Å². The van der Waals surface area contributed by atoms with Crippen molar-refractivity contribution in [2.45, 2.75) is 45.0 Å². The molecule has 0 aliphatic carbocycles. The second-order valence-electron chi connectivity index (χ2n) is 3.45. The molecule has 0 unspecified atom stereocenters. The highest BCUT2D eigenvalue weighted by Crippen LogP contribution is 2.52. The third-order valence-corrected chi connectivity index (χ3v) is 2.34. The summed E-state index contributed by atoms with van der Waals surface area (Å²) in [6.07, 6.45) is -13.1. The summed E-state index contributed by atoms with van der Waals surface area (Å²) in [6.45, 7) is 2.19. The van der Waals surface area contributed by atoms with E-state index in [-0.39, 0.29) is 0 Å². The van der Waals surface area contributed by atoms with Crippen molar-refractivity contribution in [3.63, 3.8) is 0 Å². The van der Waals surface area contributed by atoms with Gasteiger partial charge in [-0.15, -0.1) is 0 Å². The molecule has 0 N–H and O–H groups in total. The molecule has 0 aromatic carbocycles. The van der Waals surface area contributed by atoms with E-state index in [0.717, 1.165) is 13.8 Å². The number of halogens is 8. The predicted molar refractivity (Wildman–Crippen MR) is 44.4 cm³/mol. The van der Waals surface area contributed by atoms with Gasteiger partial charge in [-0.3, -0.25) is 0 Å². The Bertz CT molecular complexity index is 220. The molecule has 0 aliphatic rings. The molecule has 0 aromatic rings. The summed E-state index contributed by atoms with van der Waals surface area (Å²) in [5.74, 6) is -10.6. The van der Waals surface area contributed by atoms with Gasteiger partial charge in [0.05, 0.1) is 0 Å². The molecular formula is C9H11F8. The highest BCUT2D eigenvalue weighted by molar-refractivity contribution is 5.08. The van der Waals surface area contributed by atoms with Gasteiger partial charge in [-0.2, -0.15) is 26.3 Å². The highest BCUT2D eigenvalue weighted by atomic mass is 19.4. The summed E-state index contributed by atoms with van der Waals surface area (Å²) < 4.78 is 99.3. The van der Waals surface area contributed by atoms with E-state index >= 15 is 0 Å². The fraction of sp³-hybridized carbons (Fsp3) is 0.889. The molecule has 0 atom stereocenters. The lowest BCUT2D eigenvalue weighted by Gasteiger charge is -2.34. The Morgan fingerprint density at radius 2 is 1.06 bits per heavy atom. The van der Waals surface area contributed by atoms with Crippen molar-refractivity contribution < 1.29 is 35.1 Å². The van der Waals surface area contributed by atoms with Gasteiger partial charge in [0, 0.05) is 5.92 Å². The molecule has 0 heterocycles. The second kappa shape index (κ2) is 4.97. The monoisotopic (exact) mass is 271 g/mol. The van der Waals surface area contributed by atoms with Crippen LogP contribution in [0.2, 0.25) is 0 Å². The van der Waals surface area contributed by atoms with Crippen LogP contribution in [-0.2, 0) is 0 Å². The van der Waals surface area contributed by atoms with Crippen LogP contribution in [0.5, 0.6) is 0 Å². The van der Waals surface area contributed by atoms with E-state index in [4.69, 9.17) is 0 Å². The van der Waals surface area contributed by atoms with Gasteiger partial charge in [-0.25, -0.2) is 8.78 Å². The number of alkyl halides is 8. The Morgan fingerprint density at radius 3 is 1.24 bits per heavy atom. The quantitative estimate of drug-likeness (QED) is 0.647. The molecule has 1 radical (unpaired) electrons. The van der Waals surface area contributed by atoms with Crippen LogP contribution in [-0.4, -0.2) is 18.3 Å². The van der Waals surface area contributed by atoms with Crippen LogP contribution >= 0.6 is 0 Å². The fourth-order valence-electron chi connectivity index (χ4n) is 1.52. The van der Waals surface area contributed by atoms with Crippen molar-refractivity contribution in [1.82, 2.24) is 0 Å². The molecule has 0 bridgehead atoms. The highest BCUT2D eigenvalue weighted by Gasteiger charge is 2.70. The summed E-state index contributed by atoms with van der Waals surface area (Å²) in [5, 5.41) is 0. The predicted octanol–water partition coefficient (Wildman–Crippen LogP) is 4.76. The SMILES string of the molecule is CC[C](CC)C(F)(F)C(C(F)(F)F)C(F)(F)F. The van der Waals surface area contributed by atoms with Gasteiger partial charge in [0.15, 0.2) is 0 Å².